The molecule has 2 aliphatic rings. The summed E-state index contributed by atoms with van der Waals surface area (Å²) in [5, 5.41) is 0. The maximum Gasteiger partial charge on any atom is 0.344 e. The number of hydrogen-bond donors (Lipinski definition) is 0. The van der Waals surface area contributed by atoms with Gasteiger partial charge in [0.05, 0.1) is 13.0 Å². The van der Waals surface area contributed by atoms with Gasteiger partial charge in [0, 0.05) is 0 Å². The zero-order valence-corrected chi connectivity index (χ0v) is 8.69. The minimum absolute atomic E-state index is 0.0281. The molecule has 0 aromatic rings. The second kappa shape index (κ2) is 4.04. The molecule has 1 aliphatic carbocycles. The van der Waals surface area contributed by atoms with Crippen LogP contribution in [-0.2, 0) is 19.1 Å². The molecule has 2 unspecified atom stereocenters. The van der Waals surface area contributed by atoms with E-state index < -0.39 is 5.97 Å². The largest absolute Gasteiger partial charge is 0.496 e. The van der Waals surface area contributed by atoms with E-state index in [1.807, 2.05) is 0 Å². The Bertz CT molecular complexity index is 319. The molecular weight excluding hydrogens is 196 g/mol. The molecule has 15 heavy (non-hydrogen) atoms. The van der Waals surface area contributed by atoms with Crippen molar-refractivity contribution in [3.05, 3.63) is 11.8 Å². The molecule has 4 nitrogen and oxygen atoms in total. The van der Waals surface area contributed by atoms with Crippen molar-refractivity contribution in [3.63, 3.8) is 0 Å². The highest BCUT2D eigenvalue weighted by Gasteiger charge is 2.39. The summed E-state index contributed by atoms with van der Waals surface area (Å²) in [6.07, 6.45) is 5.08. The van der Waals surface area contributed by atoms with Crippen LogP contribution in [0.1, 0.15) is 25.7 Å². The van der Waals surface area contributed by atoms with Crippen LogP contribution in [0.25, 0.3) is 0 Å². The first kappa shape index (κ1) is 10.2. The first-order chi connectivity index (χ1) is 7.24. The zero-order valence-electron chi connectivity index (χ0n) is 8.69. The van der Waals surface area contributed by atoms with E-state index in [9.17, 15) is 9.59 Å². The van der Waals surface area contributed by atoms with Crippen LogP contribution in [0.2, 0.25) is 0 Å². The molecule has 0 bridgehead atoms. The fraction of sp³-hybridized carbons (Fsp3) is 0.636. The number of ketones is 1. The highest BCUT2D eigenvalue weighted by Crippen LogP contribution is 2.33. The van der Waals surface area contributed by atoms with Crippen LogP contribution in [0.4, 0.5) is 0 Å². The number of methoxy groups -OCH3 is 1. The van der Waals surface area contributed by atoms with E-state index in [1.165, 1.54) is 13.4 Å². The van der Waals surface area contributed by atoms with Gasteiger partial charge in [-0.1, -0.05) is 6.42 Å². The summed E-state index contributed by atoms with van der Waals surface area (Å²) in [5.41, 5.74) is 0.0562. The fourth-order valence-electron chi connectivity index (χ4n) is 2.23. The van der Waals surface area contributed by atoms with Crippen molar-refractivity contribution in [1.29, 1.82) is 0 Å². The second-order valence-corrected chi connectivity index (χ2v) is 3.95. The van der Waals surface area contributed by atoms with Crippen molar-refractivity contribution < 1.29 is 19.1 Å². The highest BCUT2D eigenvalue weighted by molar-refractivity contribution is 6.18. The quantitative estimate of drug-likeness (QED) is 0.482. The molecule has 1 fully saturated rings. The first-order valence-corrected chi connectivity index (χ1v) is 5.22. The third-order valence-corrected chi connectivity index (χ3v) is 3.07. The molecule has 1 heterocycles. The van der Waals surface area contributed by atoms with Crippen LogP contribution in [0, 0.1) is 5.92 Å². The number of fused-ring (bicyclic) bond motifs is 1. The lowest BCUT2D eigenvalue weighted by Crippen LogP contribution is -2.38. The average Bonchev–Trinajstić information content (AvgIpc) is 2.29. The maximum atomic E-state index is 11.9. The normalized spacial score (nSPS) is 29.9. The number of carbonyl (C=O) groups excluding carboxylic acids is 2. The molecular formula is C11H14O4. The standard InChI is InChI=1S/C11H14O4/c1-14-11(13)8-6-15-9-5-3-2-4-7(9)10(8)12/h6-7,9H,2-5H2,1H3. The van der Waals surface area contributed by atoms with Crippen molar-refractivity contribution in [1.82, 2.24) is 0 Å². The molecule has 82 valence electrons. The van der Waals surface area contributed by atoms with Gasteiger partial charge in [-0.2, -0.15) is 0 Å². The van der Waals surface area contributed by atoms with Crippen LogP contribution in [0.3, 0.4) is 0 Å². The van der Waals surface area contributed by atoms with Crippen LogP contribution >= 0.6 is 0 Å². The molecule has 0 amide bonds. The van der Waals surface area contributed by atoms with Crippen molar-refractivity contribution in [2.75, 3.05) is 7.11 Å². The van der Waals surface area contributed by atoms with E-state index in [0.717, 1.165) is 25.7 Å². The van der Waals surface area contributed by atoms with Crippen LogP contribution in [-0.4, -0.2) is 25.0 Å². The lowest BCUT2D eigenvalue weighted by atomic mass is 9.80. The Morgan fingerprint density at radius 2 is 2.20 bits per heavy atom. The van der Waals surface area contributed by atoms with Gasteiger partial charge in [0.25, 0.3) is 0 Å². The fourth-order valence-corrected chi connectivity index (χ4v) is 2.23. The molecule has 0 aromatic carbocycles. The van der Waals surface area contributed by atoms with Crippen LogP contribution in [0.5, 0.6) is 0 Å². The maximum absolute atomic E-state index is 11.9. The molecule has 0 aromatic heterocycles. The van der Waals surface area contributed by atoms with Crippen molar-refractivity contribution in [2.45, 2.75) is 31.8 Å². The summed E-state index contributed by atoms with van der Waals surface area (Å²) in [7, 11) is 1.27. The topological polar surface area (TPSA) is 52.6 Å². The van der Waals surface area contributed by atoms with Gasteiger partial charge >= 0.3 is 5.97 Å². The molecule has 0 spiro atoms. The third-order valence-electron chi connectivity index (χ3n) is 3.07. The van der Waals surface area contributed by atoms with Crippen LogP contribution < -0.4 is 0 Å². The summed E-state index contributed by atoms with van der Waals surface area (Å²) in [4.78, 5) is 23.2. The highest BCUT2D eigenvalue weighted by atomic mass is 16.5. The Balaban J connectivity index is 2.19. The molecule has 2 atom stereocenters. The van der Waals surface area contributed by atoms with Gasteiger partial charge in [-0.3, -0.25) is 4.79 Å². The lowest BCUT2D eigenvalue weighted by molar-refractivity contribution is -0.141. The molecule has 0 radical (unpaired) electrons. The van der Waals surface area contributed by atoms with E-state index in [4.69, 9.17) is 4.74 Å². The third kappa shape index (κ3) is 1.76. The van der Waals surface area contributed by atoms with Gasteiger partial charge in [0.15, 0.2) is 5.78 Å². The number of carbonyl (C=O) groups is 2. The predicted octanol–water partition coefficient (Wildman–Crippen LogP) is 1.20. The Kier molecular flexibility index (Phi) is 2.75. The Morgan fingerprint density at radius 3 is 2.93 bits per heavy atom. The van der Waals surface area contributed by atoms with Gasteiger partial charge in [-0.25, -0.2) is 4.79 Å². The number of esters is 1. The van der Waals surface area contributed by atoms with Gasteiger partial charge in [0.2, 0.25) is 0 Å². The summed E-state index contributed by atoms with van der Waals surface area (Å²) < 4.78 is 9.94. The Morgan fingerprint density at radius 1 is 1.47 bits per heavy atom. The van der Waals surface area contributed by atoms with E-state index in [-0.39, 0.29) is 23.4 Å². The number of rotatable bonds is 1. The average molecular weight is 210 g/mol. The van der Waals surface area contributed by atoms with Crippen molar-refractivity contribution in [2.24, 2.45) is 5.92 Å². The monoisotopic (exact) mass is 210 g/mol. The number of ether oxygens (including phenoxy) is 2. The Labute approximate surface area is 88.2 Å². The van der Waals surface area contributed by atoms with E-state index in [2.05, 4.69) is 4.74 Å². The SMILES string of the molecule is COC(=O)C1=COC2CCCCC2C1=O. The van der Waals surface area contributed by atoms with E-state index in [1.54, 1.807) is 0 Å². The zero-order chi connectivity index (χ0) is 10.8. The number of Topliss-reactive ketones (excluding diaryl/α,β-unsaturated/α-hetero) is 1. The van der Waals surface area contributed by atoms with Crippen molar-refractivity contribution >= 4 is 11.8 Å². The summed E-state index contributed by atoms with van der Waals surface area (Å²) >= 11 is 0. The molecule has 1 saturated carbocycles. The molecule has 1 aliphatic heterocycles. The van der Waals surface area contributed by atoms with E-state index >= 15 is 0 Å². The smallest absolute Gasteiger partial charge is 0.344 e. The predicted molar refractivity (Wildman–Crippen MR) is 51.9 cm³/mol. The van der Waals surface area contributed by atoms with E-state index in [0.29, 0.717) is 0 Å². The molecule has 2 rings (SSSR count). The minimum atomic E-state index is -0.593. The van der Waals surface area contributed by atoms with Crippen LogP contribution in [0.15, 0.2) is 11.8 Å². The molecule has 4 heteroatoms. The first-order valence-electron chi connectivity index (χ1n) is 5.22. The molecule has 0 saturated heterocycles. The van der Waals surface area contributed by atoms with Gasteiger partial charge in [0.1, 0.15) is 17.9 Å². The molecule has 0 N–H and O–H groups in total. The van der Waals surface area contributed by atoms with Gasteiger partial charge in [-0.05, 0) is 19.3 Å². The number of hydrogen-bond acceptors (Lipinski definition) is 4. The summed E-state index contributed by atoms with van der Waals surface area (Å²) in [6, 6.07) is 0. The summed E-state index contributed by atoms with van der Waals surface area (Å²) in [5.74, 6) is -0.848. The second-order valence-electron chi connectivity index (χ2n) is 3.95. The van der Waals surface area contributed by atoms with Gasteiger partial charge < -0.3 is 9.47 Å². The Hall–Kier alpha value is -1.32. The summed E-state index contributed by atoms with van der Waals surface area (Å²) in [6.45, 7) is 0. The van der Waals surface area contributed by atoms with Crippen molar-refractivity contribution in [3.8, 4) is 0 Å². The van der Waals surface area contributed by atoms with Gasteiger partial charge in [-0.15, -0.1) is 0 Å². The minimum Gasteiger partial charge on any atom is -0.496 e. The lowest BCUT2D eigenvalue weighted by Gasteiger charge is -2.33.